The van der Waals surface area contributed by atoms with Gasteiger partial charge in [0.05, 0.1) is 7.11 Å². The summed E-state index contributed by atoms with van der Waals surface area (Å²) < 4.78 is 4.56. The molecular weight excluding hydrogens is 186 g/mol. The third-order valence-corrected chi connectivity index (χ3v) is 2.81. The summed E-state index contributed by atoms with van der Waals surface area (Å²) in [7, 11) is 1.23. The largest absolute Gasteiger partial charge is 0.468 e. The van der Waals surface area contributed by atoms with Crippen LogP contribution in [0.15, 0.2) is 0 Å². The summed E-state index contributed by atoms with van der Waals surface area (Å²) >= 11 is 0. The first-order valence-electron chi connectivity index (χ1n) is 4.35. The van der Waals surface area contributed by atoms with E-state index in [2.05, 4.69) is 10.1 Å². The minimum Gasteiger partial charge on any atom is -0.468 e. The zero-order valence-corrected chi connectivity index (χ0v) is 8.42. The lowest BCUT2D eigenvalue weighted by Gasteiger charge is -2.34. The van der Waals surface area contributed by atoms with Gasteiger partial charge in [0.1, 0.15) is 5.41 Å². The molecule has 1 aliphatic heterocycles. The average Bonchev–Trinajstić information content (AvgIpc) is 2.12. The highest BCUT2D eigenvalue weighted by molar-refractivity contribution is 6.10. The van der Waals surface area contributed by atoms with Crippen LogP contribution in [0, 0.1) is 11.3 Å². The van der Waals surface area contributed by atoms with E-state index < -0.39 is 17.3 Å². The summed E-state index contributed by atoms with van der Waals surface area (Å²) in [6, 6.07) is 0. The fraction of sp³-hybridized carbons (Fsp3) is 0.667. The van der Waals surface area contributed by atoms with Crippen LogP contribution < -0.4 is 5.32 Å². The number of methoxy groups -OCH3 is 1. The molecule has 1 saturated heterocycles. The van der Waals surface area contributed by atoms with Gasteiger partial charge in [-0.25, -0.2) is 0 Å². The van der Waals surface area contributed by atoms with E-state index in [1.165, 1.54) is 14.0 Å². The zero-order valence-electron chi connectivity index (χ0n) is 8.42. The Morgan fingerprint density at radius 3 is 2.57 bits per heavy atom. The van der Waals surface area contributed by atoms with E-state index in [-0.39, 0.29) is 18.2 Å². The summed E-state index contributed by atoms with van der Waals surface area (Å²) in [5.41, 5.74) is -1.25. The van der Waals surface area contributed by atoms with Crippen molar-refractivity contribution in [2.24, 2.45) is 11.3 Å². The second-order valence-corrected chi connectivity index (χ2v) is 3.68. The lowest BCUT2D eigenvalue weighted by atomic mass is 9.73. The number of hydrogen-bond acceptors (Lipinski definition) is 4. The fourth-order valence-corrected chi connectivity index (χ4v) is 1.52. The molecule has 1 fully saturated rings. The van der Waals surface area contributed by atoms with Crippen molar-refractivity contribution in [3.8, 4) is 0 Å². The van der Waals surface area contributed by atoms with Crippen LogP contribution in [0.4, 0.5) is 0 Å². The first-order chi connectivity index (χ1) is 6.42. The Hall–Kier alpha value is -1.39. The van der Waals surface area contributed by atoms with Crippen molar-refractivity contribution in [2.75, 3.05) is 7.11 Å². The maximum atomic E-state index is 11.5. The minimum atomic E-state index is -1.25. The van der Waals surface area contributed by atoms with Crippen LogP contribution in [0.1, 0.15) is 20.3 Å². The third-order valence-electron chi connectivity index (χ3n) is 2.81. The molecule has 0 aromatic rings. The van der Waals surface area contributed by atoms with Crippen molar-refractivity contribution in [1.29, 1.82) is 0 Å². The van der Waals surface area contributed by atoms with Crippen molar-refractivity contribution in [3.63, 3.8) is 0 Å². The van der Waals surface area contributed by atoms with Crippen LogP contribution in [0.2, 0.25) is 0 Å². The second-order valence-electron chi connectivity index (χ2n) is 3.68. The molecule has 1 rings (SSSR count). The topological polar surface area (TPSA) is 72.5 Å². The van der Waals surface area contributed by atoms with E-state index in [0.717, 1.165) is 0 Å². The minimum absolute atomic E-state index is 0.164. The molecule has 5 heteroatoms. The van der Waals surface area contributed by atoms with Gasteiger partial charge in [-0.1, -0.05) is 6.92 Å². The van der Waals surface area contributed by atoms with Gasteiger partial charge < -0.3 is 4.74 Å². The maximum Gasteiger partial charge on any atom is 0.321 e. The van der Waals surface area contributed by atoms with Gasteiger partial charge in [-0.3, -0.25) is 19.7 Å². The van der Waals surface area contributed by atoms with E-state index >= 15 is 0 Å². The molecule has 0 aliphatic carbocycles. The van der Waals surface area contributed by atoms with Gasteiger partial charge in [-0.2, -0.15) is 0 Å². The molecule has 5 nitrogen and oxygen atoms in total. The zero-order chi connectivity index (χ0) is 10.9. The SMILES string of the molecule is COC(=O)C1(C)C(=O)NC(=O)CC1C. The Labute approximate surface area is 81.8 Å². The number of rotatable bonds is 1. The van der Waals surface area contributed by atoms with E-state index in [1.54, 1.807) is 6.92 Å². The summed E-state index contributed by atoms with van der Waals surface area (Å²) in [6.07, 6.45) is 0.164. The van der Waals surface area contributed by atoms with Crippen molar-refractivity contribution < 1.29 is 19.1 Å². The van der Waals surface area contributed by atoms with Crippen LogP contribution >= 0.6 is 0 Å². The molecule has 1 N–H and O–H groups in total. The number of esters is 1. The normalized spacial score (nSPS) is 32.4. The van der Waals surface area contributed by atoms with Crippen molar-refractivity contribution in [3.05, 3.63) is 0 Å². The first-order valence-corrected chi connectivity index (χ1v) is 4.35. The van der Waals surface area contributed by atoms with E-state index in [0.29, 0.717) is 0 Å². The average molecular weight is 199 g/mol. The number of nitrogens with one attached hydrogen (secondary N) is 1. The smallest absolute Gasteiger partial charge is 0.321 e. The summed E-state index contributed by atoms with van der Waals surface area (Å²) in [6.45, 7) is 3.18. The maximum absolute atomic E-state index is 11.5. The van der Waals surface area contributed by atoms with Gasteiger partial charge in [0.25, 0.3) is 0 Å². The van der Waals surface area contributed by atoms with Gasteiger partial charge in [0.2, 0.25) is 11.8 Å². The van der Waals surface area contributed by atoms with Crippen LogP contribution in [0.3, 0.4) is 0 Å². The molecule has 0 radical (unpaired) electrons. The molecule has 0 aromatic carbocycles. The van der Waals surface area contributed by atoms with Gasteiger partial charge in [0.15, 0.2) is 0 Å². The number of ether oxygens (including phenoxy) is 1. The second kappa shape index (κ2) is 3.40. The van der Waals surface area contributed by atoms with Gasteiger partial charge in [0, 0.05) is 6.42 Å². The molecule has 2 amide bonds. The summed E-state index contributed by atoms with van der Waals surface area (Å²) in [5, 5.41) is 2.14. The molecule has 2 unspecified atom stereocenters. The molecule has 2 atom stereocenters. The van der Waals surface area contributed by atoms with Gasteiger partial charge in [-0.15, -0.1) is 0 Å². The predicted molar refractivity (Wildman–Crippen MR) is 47.1 cm³/mol. The molecular formula is C9H13NO4. The van der Waals surface area contributed by atoms with E-state index in [1.807, 2.05) is 0 Å². The predicted octanol–water partition coefficient (Wildman–Crippen LogP) is -0.152. The Kier molecular flexibility index (Phi) is 2.59. The molecule has 0 spiro atoms. The van der Waals surface area contributed by atoms with E-state index in [9.17, 15) is 14.4 Å². The molecule has 1 aliphatic rings. The summed E-state index contributed by atoms with van der Waals surface area (Å²) in [4.78, 5) is 33.9. The fourth-order valence-electron chi connectivity index (χ4n) is 1.52. The number of hydrogen-bond donors (Lipinski definition) is 1. The molecule has 78 valence electrons. The molecule has 14 heavy (non-hydrogen) atoms. The van der Waals surface area contributed by atoms with Gasteiger partial charge >= 0.3 is 5.97 Å². The highest BCUT2D eigenvalue weighted by atomic mass is 16.5. The van der Waals surface area contributed by atoms with Crippen molar-refractivity contribution in [2.45, 2.75) is 20.3 Å². The standard InChI is InChI=1S/C9H13NO4/c1-5-4-6(11)10-7(12)9(5,2)8(13)14-3/h5H,4H2,1-3H3,(H,10,11,12). The summed E-state index contributed by atoms with van der Waals surface area (Å²) in [5.74, 6) is -1.86. The molecule has 0 aromatic heterocycles. The van der Waals surface area contributed by atoms with Crippen LogP contribution in [-0.4, -0.2) is 24.9 Å². The Bertz CT molecular complexity index is 299. The number of carbonyl (C=O) groups excluding carboxylic acids is 3. The van der Waals surface area contributed by atoms with Crippen LogP contribution in [0.5, 0.6) is 0 Å². The van der Waals surface area contributed by atoms with Crippen molar-refractivity contribution in [1.82, 2.24) is 5.32 Å². The number of piperidine rings is 1. The molecule has 1 heterocycles. The number of imide groups is 1. The number of carbonyl (C=O) groups is 3. The Morgan fingerprint density at radius 2 is 2.14 bits per heavy atom. The lowest BCUT2D eigenvalue weighted by molar-refractivity contribution is -0.164. The third kappa shape index (κ3) is 1.38. The lowest BCUT2D eigenvalue weighted by Crippen LogP contribution is -2.55. The molecule has 0 bridgehead atoms. The molecule has 0 saturated carbocycles. The van der Waals surface area contributed by atoms with Crippen LogP contribution in [0.25, 0.3) is 0 Å². The highest BCUT2D eigenvalue weighted by Crippen LogP contribution is 2.34. The van der Waals surface area contributed by atoms with Gasteiger partial charge in [-0.05, 0) is 12.8 Å². The van der Waals surface area contributed by atoms with E-state index in [4.69, 9.17) is 0 Å². The Morgan fingerprint density at radius 1 is 1.57 bits per heavy atom. The monoisotopic (exact) mass is 199 g/mol. The highest BCUT2D eigenvalue weighted by Gasteiger charge is 2.51. The number of amides is 2. The quantitative estimate of drug-likeness (QED) is 0.362. The first kappa shape index (κ1) is 10.7. The van der Waals surface area contributed by atoms with Crippen LogP contribution in [-0.2, 0) is 19.1 Å². The van der Waals surface area contributed by atoms with Crippen molar-refractivity contribution >= 4 is 17.8 Å². The Balaban J connectivity index is 3.01.